The lowest BCUT2D eigenvalue weighted by molar-refractivity contribution is -0.137. The summed E-state index contributed by atoms with van der Waals surface area (Å²) in [5.41, 5.74) is 6.99. The van der Waals surface area contributed by atoms with E-state index in [1.165, 1.54) is 23.2 Å². The Hall–Kier alpha value is -2.92. The number of hydrazine groups is 1. The van der Waals surface area contributed by atoms with Crippen molar-refractivity contribution in [1.29, 1.82) is 0 Å². The summed E-state index contributed by atoms with van der Waals surface area (Å²) < 4.78 is 42.2. The zero-order chi connectivity index (χ0) is 19.6. The van der Waals surface area contributed by atoms with Gasteiger partial charge in [-0.1, -0.05) is 6.07 Å². The lowest BCUT2D eigenvalue weighted by atomic mass is 10.2. The molecule has 2 heterocycles. The first-order valence-corrected chi connectivity index (χ1v) is 8.45. The van der Waals surface area contributed by atoms with Crippen LogP contribution in [0.4, 0.5) is 30.2 Å². The van der Waals surface area contributed by atoms with E-state index in [1.807, 2.05) is 6.07 Å². The number of nitrogens with one attached hydrogen (secondary N) is 1. The Morgan fingerprint density at radius 3 is 2.56 bits per heavy atom. The molecule has 27 heavy (non-hydrogen) atoms. The smallest absolute Gasteiger partial charge is 0.397 e. The highest BCUT2D eigenvalue weighted by molar-refractivity contribution is 8.00. The van der Waals surface area contributed by atoms with Crippen LogP contribution < -0.4 is 21.3 Å². The third-order valence-corrected chi connectivity index (χ3v) is 4.36. The molecule has 0 aliphatic heterocycles. The largest absolute Gasteiger partial charge is 0.419 e. The number of pyridine rings is 1. The van der Waals surface area contributed by atoms with Crippen molar-refractivity contribution in [1.82, 2.24) is 14.8 Å². The molecule has 0 spiro atoms. The van der Waals surface area contributed by atoms with E-state index >= 15 is 0 Å². The van der Waals surface area contributed by atoms with Gasteiger partial charge in [-0.05, 0) is 36.2 Å². The Bertz CT molecular complexity index is 923. The third kappa shape index (κ3) is 4.26. The number of rotatable bonds is 5. The number of hydrogen-bond donors (Lipinski definition) is 3. The average Bonchev–Trinajstić information content (AvgIpc) is 3.10. The van der Waals surface area contributed by atoms with Crippen molar-refractivity contribution in [3.8, 4) is 5.82 Å². The molecule has 0 saturated carbocycles. The van der Waals surface area contributed by atoms with Crippen molar-refractivity contribution in [3.63, 3.8) is 0 Å². The van der Waals surface area contributed by atoms with E-state index in [-0.39, 0.29) is 5.82 Å². The second kappa shape index (κ2) is 7.37. The summed E-state index contributed by atoms with van der Waals surface area (Å²) in [7, 11) is 1.68. The molecule has 0 aliphatic rings. The predicted molar refractivity (Wildman–Crippen MR) is 99.3 cm³/mol. The number of anilines is 3. The Kier molecular flexibility index (Phi) is 5.15. The van der Waals surface area contributed by atoms with Crippen LogP contribution in [0.1, 0.15) is 5.56 Å². The van der Waals surface area contributed by atoms with E-state index in [1.54, 1.807) is 31.3 Å². The minimum absolute atomic E-state index is 0.279. The SMILES string of the molecule is CN(N)c1c(N)cccc1NSc1ccc(-n2cc(C(F)(F)F)cn2)nc1. The Balaban J connectivity index is 1.72. The molecule has 0 atom stereocenters. The number of aromatic nitrogens is 3. The topological polar surface area (TPSA) is 98.0 Å². The summed E-state index contributed by atoms with van der Waals surface area (Å²) in [5, 5.41) is 5.11. The average molecular weight is 395 g/mol. The lowest BCUT2D eigenvalue weighted by Crippen LogP contribution is -2.26. The maximum Gasteiger partial charge on any atom is 0.419 e. The van der Waals surface area contributed by atoms with Gasteiger partial charge in [-0.25, -0.2) is 15.5 Å². The van der Waals surface area contributed by atoms with Gasteiger partial charge in [0.25, 0.3) is 0 Å². The first kappa shape index (κ1) is 18.9. The molecule has 11 heteroatoms. The quantitative estimate of drug-likeness (QED) is 0.264. The van der Waals surface area contributed by atoms with Gasteiger partial charge in [0.1, 0.15) is 0 Å². The summed E-state index contributed by atoms with van der Waals surface area (Å²) in [6.07, 6.45) is -1.26. The van der Waals surface area contributed by atoms with Gasteiger partial charge in [0.2, 0.25) is 0 Å². The standard InChI is InChI=1S/C16H16F3N7S/c1-25(21)15-12(20)3-2-4-13(15)24-27-11-5-6-14(22-8-11)26-9-10(7-23-26)16(17,18)19/h2-9,24H,20-21H2,1H3. The molecule has 7 nitrogen and oxygen atoms in total. The fraction of sp³-hybridized carbons (Fsp3) is 0.125. The Morgan fingerprint density at radius 1 is 1.19 bits per heavy atom. The Morgan fingerprint density at radius 2 is 1.96 bits per heavy atom. The van der Waals surface area contributed by atoms with E-state index in [4.69, 9.17) is 11.6 Å². The van der Waals surface area contributed by atoms with Crippen LogP contribution in [-0.2, 0) is 6.18 Å². The minimum atomic E-state index is -4.44. The van der Waals surface area contributed by atoms with Gasteiger partial charge < -0.3 is 15.5 Å². The maximum atomic E-state index is 12.7. The number of nitrogens with two attached hydrogens (primary N) is 2. The van der Waals surface area contributed by atoms with Crippen LogP contribution >= 0.6 is 11.9 Å². The molecule has 2 aromatic heterocycles. The summed E-state index contributed by atoms with van der Waals surface area (Å²) in [6, 6.07) is 8.65. The number of para-hydroxylation sites is 1. The van der Waals surface area contributed by atoms with E-state index in [2.05, 4.69) is 14.8 Å². The number of nitrogens with zero attached hydrogens (tertiary/aromatic N) is 4. The molecule has 0 bridgehead atoms. The summed E-state index contributed by atoms with van der Waals surface area (Å²) in [5.74, 6) is 6.08. The molecule has 0 fully saturated rings. The van der Waals surface area contributed by atoms with Gasteiger partial charge in [-0.15, -0.1) is 0 Å². The van der Waals surface area contributed by atoms with Crippen molar-refractivity contribution in [2.45, 2.75) is 11.1 Å². The fourth-order valence-corrected chi connectivity index (χ4v) is 2.95. The van der Waals surface area contributed by atoms with Crippen LogP contribution in [0.3, 0.4) is 0 Å². The predicted octanol–water partition coefficient (Wildman–Crippen LogP) is 3.30. The van der Waals surface area contributed by atoms with E-state index < -0.39 is 11.7 Å². The summed E-state index contributed by atoms with van der Waals surface area (Å²) in [6.45, 7) is 0. The van der Waals surface area contributed by atoms with Gasteiger partial charge in [0, 0.05) is 24.3 Å². The van der Waals surface area contributed by atoms with Crippen LogP contribution in [0.5, 0.6) is 0 Å². The molecule has 0 amide bonds. The molecule has 0 saturated heterocycles. The second-order valence-corrected chi connectivity index (χ2v) is 6.46. The number of nitrogen functional groups attached to an aromatic ring is 1. The van der Waals surface area contributed by atoms with Crippen molar-refractivity contribution in [3.05, 3.63) is 54.5 Å². The van der Waals surface area contributed by atoms with Gasteiger partial charge >= 0.3 is 6.18 Å². The van der Waals surface area contributed by atoms with Crippen molar-refractivity contribution >= 4 is 29.0 Å². The highest BCUT2D eigenvalue weighted by atomic mass is 32.2. The van der Waals surface area contributed by atoms with Crippen molar-refractivity contribution in [2.24, 2.45) is 5.84 Å². The van der Waals surface area contributed by atoms with Gasteiger partial charge in [-0.3, -0.25) is 0 Å². The van der Waals surface area contributed by atoms with Gasteiger partial charge in [0.05, 0.1) is 28.8 Å². The molecule has 5 N–H and O–H groups in total. The van der Waals surface area contributed by atoms with Gasteiger partial charge in [-0.2, -0.15) is 18.3 Å². The highest BCUT2D eigenvalue weighted by Crippen LogP contribution is 2.33. The first-order valence-electron chi connectivity index (χ1n) is 7.64. The fourth-order valence-electron chi connectivity index (χ4n) is 2.31. The van der Waals surface area contributed by atoms with E-state index in [9.17, 15) is 13.2 Å². The molecule has 3 aromatic rings. The number of halogens is 3. The molecule has 142 valence electrons. The molecule has 0 radical (unpaired) electrons. The van der Waals surface area contributed by atoms with Crippen LogP contribution in [0, 0.1) is 0 Å². The van der Waals surface area contributed by atoms with Crippen molar-refractivity contribution < 1.29 is 13.2 Å². The van der Waals surface area contributed by atoms with Crippen LogP contribution in [0.25, 0.3) is 5.82 Å². The van der Waals surface area contributed by atoms with Crippen LogP contribution in [0.15, 0.2) is 53.8 Å². The lowest BCUT2D eigenvalue weighted by Gasteiger charge is -2.19. The number of hydrogen-bond acceptors (Lipinski definition) is 7. The second-order valence-electron chi connectivity index (χ2n) is 5.58. The minimum Gasteiger partial charge on any atom is -0.397 e. The van der Waals surface area contributed by atoms with Gasteiger partial charge in [0.15, 0.2) is 5.82 Å². The molecule has 1 aromatic carbocycles. The number of alkyl halides is 3. The molecular formula is C16H16F3N7S. The zero-order valence-electron chi connectivity index (χ0n) is 14.1. The third-order valence-electron chi connectivity index (χ3n) is 3.56. The zero-order valence-corrected chi connectivity index (χ0v) is 14.9. The Labute approximate surface area is 157 Å². The first-order chi connectivity index (χ1) is 12.8. The van der Waals surface area contributed by atoms with Crippen LogP contribution in [-0.4, -0.2) is 21.8 Å². The van der Waals surface area contributed by atoms with E-state index in [0.29, 0.717) is 11.4 Å². The molecule has 3 rings (SSSR count). The monoisotopic (exact) mass is 395 g/mol. The summed E-state index contributed by atoms with van der Waals surface area (Å²) in [4.78, 5) is 4.89. The molecular weight excluding hydrogens is 379 g/mol. The highest BCUT2D eigenvalue weighted by Gasteiger charge is 2.32. The number of benzene rings is 1. The van der Waals surface area contributed by atoms with E-state index in [0.717, 1.165) is 27.7 Å². The summed E-state index contributed by atoms with van der Waals surface area (Å²) >= 11 is 1.27. The molecule has 0 unspecified atom stereocenters. The normalized spacial score (nSPS) is 11.4. The maximum absolute atomic E-state index is 12.7. The van der Waals surface area contributed by atoms with Crippen LogP contribution in [0.2, 0.25) is 0 Å². The molecule has 0 aliphatic carbocycles. The van der Waals surface area contributed by atoms with Crippen molar-refractivity contribution in [2.75, 3.05) is 22.5 Å².